The molecule has 1 aliphatic heterocycles. The number of amides is 4. The average Bonchev–Trinajstić information content (AvgIpc) is 3.30. The number of methoxy groups -OCH3 is 2. The van der Waals surface area contributed by atoms with Crippen molar-refractivity contribution >= 4 is 34.3 Å². The van der Waals surface area contributed by atoms with Crippen molar-refractivity contribution in [1.29, 1.82) is 0 Å². The first-order valence-corrected chi connectivity index (χ1v) is 12.1. The summed E-state index contributed by atoms with van der Waals surface area (Å²) in [5.41, 5.74) is 0.466. The van der Waals surface area contributed by atoms with E-state index in [4.69, 9.17) is 9.47 Å². The molecule has 2 unspecified atom stereocenters. The maximum atomic E-state index is 13.2. The second-order valence-electron chi connectivity index (χ2n) is 9.91. The molecule has 1 aliphatic carbocycles. The molecule has 34 heavy (non-hydrogen) atoms. The lowest BCUT2D eigenvalue weighted by Gasteiger charge is -2.43. The summed E-state index contributed by atoms with van der Waals surface area (Å²) in [5, 5.41) is 7.79. The largest absolute Gasteiger partial charge is 0.493 e. The van der Waals surface area contributed by atoms with Gasteiger partial charge in [-0.25, -0.2) is 9.78 Å². The number of anilines is 1. The van der Waals surface area contributed by atoms with Crippen LogP contribution in [0.2, 0.25) is 0 Å². The quantitative estimate of drug-likeness (QED) is 0.599. The van der Waals surface area contributed by atoms with Crippen LogP contribution >= 0.6 is 11.3 Å². The Kier molecular flexibility index (Phi) is 6.28. The van der Waals surface area contributed by atoms with Gasteiger partial charge in [0, 0.05) is 10.9 Å². The van der Waals surface area contributed by atoms with Crippen molar-refractivity contribution in [3.05, 3.63) is 23.6 Å². The highest BCUT2D eigenvalue weighted by molar-refractivity contribution is 7.14. The number of imide groups is 1. The van der Waals surface area contributed by atoms with Crippen LogP contribution in [-0.4, -0.2) is 54.0 Å². The van der Waals surface area contributed by atoms with E-state index in [1.165, 1.54) is 11.3 Å². The molecule has 2 aromatic rings. The number of aromatic nitrogens is 1. The van der Waals surface area contributed by atoms with Crippen LogP contribution in [0.4, 0.5) is 9.93 Å². The number of urea groups is 1. The van der Waals surface area contributed by atoms with E-state index in [9.17, 15) is 14.4 Å². The third kappa shape index (κ3) is 4.59. The number of hydrogen-bond acceptors (Lipinski definition) is 7. The van der Waals surface area contributed by atoms with Crippen molar-refractivity contribution < 1.29 is 23.9 Å². The Morgan fingerprint density at radius 2 is 1.97 bits per heavy atom. The number of hydrogen-bond donors (Lipinski definition) is 2. The Labute approximate surface area is 202 Å². The highest BCUT2D eigenvalue weighted by atomic mass is 32.1. The molecular formula is C24H30N4O5S. The third-order valence-electron chi connectivity index (χ3n) is 6.36. The smallest absolute Gasteiger partial charge is 0.325 e. The molecule has 2 heterocycles. The Morgan fingerprint density at radius 1 is 1.24 bits per heavy atom. The summed E-state index contributed by atoms with van der Waals surface area (Å²) in [4.78, 5) is 44.1. The van der Waals surface area contributed by atoms with Gasteiger partial charge in [0.1, 0.15) is 12.1 Å². The molecule has 9 nitrogen and oxygen atoms in total. The molecule has 1 saturated heterocycles. The summed E-state index contributed by atoms with van der Waals surface area (Å²) in [7, 11) is 3.13. The van der Waals surface area contributed by atoms with Crippen LogP contribution in [0.3, 0.4) is 0 Å². The summed E-state index contributed by atoms with van der Waals surface area (Å²) in [6.45, 7) is 5.96. The molecule has 2 aliphatic rings. The minimum Gasteiger partial charge on any atom is -0.493 e. The molecule has 2 atom stereocenters. The van der Waals surface area contributed by atoms with Gasteiger partial charge in [-0.05, 0) is 48.8 Å². The first-order valence-electron chi connectivity index (χ1n) is 11.2. The first kappa shape index (κ1) is 24.0. The monoisotopic (exact) mass is 486 g/mol. The number of ether oxygens (including phenoxy) is 2. The summed E-state index contributed by atoms with van der Waals surface area (Å²) < 4.78 is 10.6. The fraction of sp³-hybridized carbons (Fsp3) is 0.500. The lowest BCUT2D eigenvalue weighted by atomic mass is 9.64. The Hall–Kier alpha value is -3.14. The van der Waals surface area contributed by atoms with Gasteiger partial charge in [0.15, 0.2) is 16.6 Å². The van der Waals surface area contributed by atoms with E-state index in [1.807, 2.05) is 11.4 Å². The fourth-order valence-corrected chi connectivity index (χ4v) is 6.15. The zero-order chi connectivity index (χ0) is 24.7. The van der Waals surface area contributed by atoms with E-state index in [0.717, 1.165) is 16.9 Å². The van der Waals surface area contributed by atoms with Gasteiger partial charge in [0.05, 0.1) is 19.9 Å². The van der Waals surface area contributed by atoms with Gasteiger partial charge < -0.3 is 20.1 Å². The predicted octanol–water partition coefficient (Wildman–Crippen LogP) is 3.90. The lowest BCUT2D eigenvalue weighted by molar-refractivity contribution is -0.136. The van der Waals surface area contributed by atoms with E-state index < -0.39 is 17.5 Å². The zero-order valence-corrected chi connectivity index (χ0v) is 20.9. The second-order valence-corrected chi connectivity index (χ2v) is 10.8. The van der Waals surface area contributed by atoms with Crippen LogP contribution in [0.1, 0.15) is 40.0 Å². The van der Waals surface area contributed by atoms with Crippen LogP contribution in [0.5, 0.6) is 11.5 Å². The molecule has 1 aromatic carbocycles. The lowest BCUT2D eigenvalue weighted by Crippen LogP contribution is -2.54. The van der Waals surface area contributed by atoms with Crippen molar-refractivity contribution in [1.82, 2.24) is 15.2 Å². The van der Waals surface area contributed by atoms with Crippen molar-refractivity contribution in [3.8, 4) is 22.8 Å². The second kappa shape index (κ2) is 8.90. The van der Waals surface area contributed by atoms with Crippen molar-refractivity contribution in [2.45, 2.75) is 45.6 Å². The van der Waals surface area contributed by atoms with Crippen molar-refractivity contribution in [2.75, 3.05) is 26.1 Å². The van der Waals surface area contributed by atoms with Gasteiger partial charge in [0.25, 0.3) is 5.91 Å². The maximum Gasteiger partial charge on any atom is 0.325 e. The van der Waals surface area contributed by atoms with Crippen molar-refractivity contribution in [2.24, 2.45) is 11.3 Å². The molecule has 182 valence electrons. The van der Waals surface area contributed by atoms with Gasteiger partial charge in [0.2, 0.25) is 5.91 Å². The highest BCUT2D eigenvalue weighted by Crippen LogP contribution is 2.46. The van der Waals surface area contributed by atoms with E-state index in [-0.39, 0.29) is 17.9 Å². The summed E-state index contributed by atoms with van der Waals surface area (Å²) in [6.07, 6.45) is 2.14. The number of nitrogens with zero attached hydrogens (tertiary/aromatic N) is 2. The van der Waals surface area contributed by atoms with Gasteiger partial charge in [-0.1, -0.05) is 20.8 Å². The number of benzene rings is 1. The molecule has 1 spiro atoms. The zero-order valence-electron chi connectivity index (χ0n) is 20.1. The summed E-state index contributed by atoms with van der Waals surface area (Å²) >= 11 is 1.26. The predicted molar refractivity (Wildman–Crippen MR) is 129 cm³/mol. The number of nitrogens with one attached hydrogen (secondary N) is 2. The molecule has 4 rings (SSSR count). The van der Waals surface area contributed by atoms with E-state index in [2.05, 4.69) is 36.4 Å². The summed E-state index contributed by atoms with van der Waals surface area (Å²) in [6, 6.07) is 4.92. The minimum atomic E-state index is -0.930. The van der Waals surface area contributed by atoms with Crippen LogP contribution in [0.15, 0.2) is 23.6 Å². The van der Waals surface area contributed by atoms with Gasteiger partial charge >= 0.3 is 6.03 Å². The van der Waals surface area contributed by atoms with Gasteiger partial charge in [-0.15, -0.1) is 11.3 Å². The van der Waals surface area contributed by atoms with Crippen LogP contribution < -0.4 is 20.1 Å². The van der Waals surface area contributed by atoms with Gasteiger partial charge in [-0.2, -0.15) is 0 Å². The Bertz CT molecular complexity index is 1130. The standard InChI is InChI=1S/C24H30N4O5S/c1-14-9-23(2,3)13-24(10-14)20(30)28(22(31)27-24)11-19(29)26-21-25-16(12-34-21)15-6-7-17(32-4)18(8-15)33-5/h6-8,12,14H,9-11,13H2,1-5H3,(H,27,31)(H,25,26,29). The molecule has 10 heteroatoms. The molecule has 0 bridgehead atoms. The van der Waals surface area contributed by atoms with Gasteiger partial charge in [-0.3, -0.25) is 14.5 Å². The molecule has 1 aromatic heterocycles. The maximum absolute atomic E-state index is 13.2. The topological polar surface area (TPSA) is 110 Å². The number of thiazole rings is 1. The molecule has 2 N–H and O–H groups in total. The van der Waals surface area contributed by atoms with Crippen LogP contribution in [0, 0.1) is 11.3 Å². The Balaban J connectivity index is 1.43. The normalized spacial score (nSPS) is 23.7. The number of carbonyl (C=O) groups excluding carboxylic acids is 3. The first-order chi connectivity index (χ1) is 16.1. The minimum absolute atomic E-state index is 0.0691. The molecule has 0 radical (unpaired) electrons. The molecule has 1 saturated carbocycles. The molecule has 4 amide bonds. The van der Waals surface area contributed by atoms with Crippen LogP contribution in [-0.2, 0) is 9.59 Å². The molecule has 2 fully saturated rings. The fourth-order valence-electron chi connectivity index (χ4n) is 5.41. The summed E-state index contributed by atoms with van der Waals surface area (Å²) in [5.74, 6) is 0.685. The highest BCUT2D eigenvalue weighted by Gasteiger charge is 2.56. The number of rotatable bonds is 6. The van der Waals surface area contributed by atoms with E-state index >= 15 is 0 Å². The third-order valence-corrected chi connectivity index (χ3v) is 7.11. The Morgan fingerprint density at radius 3 is 2.65 bits per heavy atom. The van der Waals surface area contributed by atoms with Crippen molar-refractivity contribution in [3.63, 3.8) is 0 Å². The van der Waals surface area contributed by atoms with E-state index in [0.29, 0.717) is 41.1 Å². The molecular weight excluding hydrogens is 456 g/mol. The number of carbonyl (C=O) groups is 3. The SMILES string of the molecule is COc1ccc(-c2csc(NC(=O)CN3C(=O)NC4(CC(C)CC(C)(C)C4)C3=O)n2)cc1OC. The average molecular weight is 487 g/mol. The van der Waals surface area contributed by atoms with Crippen LogP contribution in [0.25, 0.3) is 11.3 Å². The van der Waals surface area contributed by atoms with E-state index in [1.54, 1.807) is 26.4 Å².